The molecule has 0 saturated carbocycles. The van der Waals surface area contributed by atoms with Crippen LogP contribution in [0.2, 0.25) is 0 Å². The zero-order valence-electron chi connectivity index (χ0n) is 14.0. The summed E-state index contributed by atoms with van der Waals surface area (Å²) < 4.78 is 39.5. The minimum absolute atomic E-state index is 0.0786. The van der Waals surface area contributed by atoms with E-state index in [1.807, 2.05) is 6.92 Å². The predicted octanol–water partition coefficient (Wildman–Crippen LogP) is 3.26. The highest BCUT2D eigenvalue weighted by Crippen LogP contribution is 2.30. The van der Waals surface area contributed by atoms with Gasteiger partial charge in [0.05, 0.1) is 11.3 Å². The van der Waals surface area contributed by atoms with E-state index in [2.05, 4.69) is 10.4 Å². The lowest BCUT2D eigenvalue weighted by Crippen LogP contribution is -2.40. The summed E-state index contributed by atoms with van der Waals surface area (Å²) >= 11 is 0. The Hall–Kier alpha value is -2.84. The van der Waals surface area contributed by atoms with Crippen LogP contribution in [0.4, 0.5) is 13.2 Å². The number of carboxylic acids is 1. The molecule has 1 aromatic heterocycles. The van der Waals surface area contributed by atoms with Crippen molar-refractivity contribution in [1.82, 2.24) is 15.1 Å². The first-order valence-corrected chi connectivity index (χ1v) is 7.99. The van der Waals surface area contributed by atoms with Crippen LogP contribution in [0.1, 0.15) is 42.2 Å². The van der Waals surface area contributed by atoms with E-state index >= 15 is 0 Å². The SMILES string of the molecule is CCCC[C@H](NC(=O)c1ccn(-c2cccc(C(F)(F)F)c2)n1)C(=O)O. The molecule has 0 unspecified atom stereocenters. The third-order valence-corrected chi connectivity index (χ3v) is 3.71. The molecule has 0 saturated heterocycles. The molecule has 0 aliphatic carbocycles. The van der Waals surface area contributed by atoms with Crippen LogP contribution < -0.4 is 5.32 Å². The number of unbranched alkanes of at least 4 members (excludes halogenated alkanes) is 1. The van der Waals surface area contributed by atoms with Crippen molar-refractivity contribution in [2.45, 2.75) is 38.4 Å². The molecule has 2 aromatic rings. The Labute approximate surface area is 147 Å². The Morgan fingerprint density at radius 1 is 1.31 bits per heavy atom. The molecule has 1 aromatic carbocycles. The predicted molar refractivity (Wildman–Crippen MR) is 87.0 cm³/mol. The van der Waals surface area contributed by atoms with Crippen molar-refractivity contribution >= 4 is 11.9 Å². The van der Waals surface area contributed by atoms with Gasteiger partial charge in [0.25, 0.3) is 5.91 Å². The van der Waals surface area contributed by atoms with Gasteiger partial charge in [-0.05, 0) is 30.7 Å². The van der Waals surface area contributed by atoms with Gasteiger partial charge in [-0.1, -0.05) is 25.8 Å². The fraction of sp³-hybridized carbons (Fsp3) is 0.353. The Kier molecular flexibility index (Phi) is 6.01. The Bertz CT molecular complexity index is 787. The molecule has 1 atom stereocenters. The zero-order chi connectivity index (χ0) is 19.3. The third kappa shape index (κ3) is 4.84. The van der Waals surface area contributed by atoms with E-state index in [9.17, 15) is 22.8 Å². The van der Waals surface area contributed by atoms with Crippen LogP contribution in [0.5, 0.6) is 0 Å². The van der Waals surface area contributed by atoms with Gasteiger partial charge < -0.3 is 10.4 Å². The van der Waals surface area contributed by atoms with Gasteiger partial charge in [-0.3, -0.25) is 4.79 Å². The third-order valence-electron chi connectivity index (χ3n) is 3.71. The largest absolute Gasteiger partial charge is 0.480 e. The van der Waals surface area contributed by atoms with Gasteiger partial charge in [-0.15, -0.1) is 0 Å². The Balaban J connectivity index is 2.16. The zero-order valence-corrected chi connectivity index (χ0v) is 14.0. The highest BCUT2D eigenvalue weighted by Gasteiger charge is 2.30. The minimum atomic E-state index is -4.49. The van der Waals surface area contributed by atoms with Crippen LogP contribution in [0.3, 0.4) is 0 Å². The van der Waals surface area contributed by atoms with Gasteiger partial charge in [0.1, 0.15) is 6.04 Å². The summed E-state index contributed by atoms with van der Waals surface area (Å²) in [5, 5.41) is 15.5. The smallest absolute Gasteiger partial charge is 0.416 e. The number of alkyl halides is 3. The summed E-state index contributed by atoms with van der Waals surface area (Å²) in [6.45, 7) is 1.90. The number of carbonyl (C=O) groups is 2. The monoisotopic (exact) mass is 369 g/mol. The van der Waals surface area contributed by atoms with E-state index in [-0.39, 0.29) is 17.8 Å². The molecule has 0 fully saturated rings. The molecule has 1 heterocycles. The maximum absolute atomic E-state index is 12.8. The average molecular weight is 369 g/mol. The maximum atomic E-state index is 12.8. The summed E-state index contributed by atoms with van der Waals surface area (Å²) in [5.74, 6) is -1.84. The van der Waals surface area contributed by atoms with Crippen molar-refractivity contribution in [2.24, 2.45) is 0 Å². The average Bonchev–Trinajstić information content (AvgIpc) is 3.07. The summed E-state index contributed by atoms with van der Waals surface area (Å²) in [4.78, 5) is 23.3. The lowest BCUT2D eigenvalue weighted by atomic mass is 10.1. The number of halogens is 3. The van der Waals surface area contributed by atoms with E-state index in [1.165, 1.54) is 24.4 Å². The molecular formula is C17H18F3N3O3. The molecule has 0 aliphatic heterocycles. The molecule has 26 heavy (non-hydrogen) atoms. The number of carboxylic acid groups (broad SMARTS) is 1. The molecule has 6 nitrogen and oxygen atoms in total. The molecule has 140 valence electrons. The molecule has 0 aliphatic rings. The first-order valence-electron chi connectivity index (χ1n) is 7.99. The van der Waals surface area contributed by atoms with Gasteiger partial charge in [-0.2, -0.15) is 18.3 Å². The van der Waals surface area contributed by atoms with Crippen LogP contribution in [0.15, 0.2) is 36.5 Å². The molecule has 0 radical (unpaired) electrons. The molecule has 9 heteroatoms. The van der Waals surface area contributed by atoms with E-state index < -0.39 is 29.7 Å². The molecule has 2 rings (SSSR count). The molecule has 2 N–H and O–H groups in total. The topological polar surface area (TPSA) is 84.2 Å². The number of hydrogen-bond donors (Lipinski definition) is 2. The second kappa shape index (κ2) is 8.03. The number of hydrogen-bond acceptors (Lipinski definition) is 3. The number of rotatable bonds is 7. The van der Waals surface area contributed by atoms with E-state index in [0.717, 1.165) is 23.2 Å². The van der Waals surface area contributed by atoms with E-state index in [0.29, 0.717) is 6.42 Å². The second-order valence-electron chi connectivity index (χ2n) is 5.70. The number of carbonyl (C=O) groups excluding carboxylic acids is 1. The van der Waals surface area contributed by atoms with Gasteiger partial charge in [-0.25, -0.2) is 9.48 Å². The Morgan fingerprint density at radius 2 is 2.04 bits per heavy atom. The normalized spacial score (nSPS) is 12.6. The van der Waals surface area contributed by atoms with Crippen molar-refractivity contribution in [3.05, 3.63) is 47.8 Å². The van der Waals surface area contributed by atoms with Gasteiger partial charge >= 0.3 is 12.1 Å². The first-order chi connectivity index (χ1) is 12.2. The standard InChI is InChI=1S/C17H18F3N3O3/c1-2-3-7-14(16(25)26)21-15(24)13-8-9-23(22-13)12-6-4-5-11(10-12)17(18,19)20/h4-6,8-10,14H,2-3,7H2,1H3,(H,21,24)(H,25,26)/t14-/m0/s1. The quantitative estimate of drug-likeness (QED) is 0.785. The second-order valence-corrected chi connectivity index (χ2v) is 5.70. The molecule has 1 amide bonds. The highest BCUT2D eigenvalue weighted by atomic mass is 19.4. The van der Waals surface area contributed by atoms with Crippen molar-refractivity contribution in [3.8, 4) is 5.69 Å². The number of benzene rings is 1. The fourth-order valence-corrected chi connectivity index (χ4v) is 2.31. The van der Waals surface area contributed by atoms with Crippen molar-refractivity contribution in [3.63, 3.8) is 0 Å². The minimum Gasteiger partial charge on any atom is -0.480 e. The number of aliphatic carboxylic acids is 1. The summed E-state index contributed by atoms with van der Waals surface area (Å²) in [5.41, 5.74) is -0.771. The fourth-order valence-electron chi connectivity index (χ4n) is 2.31. The van der Waals surface area contributed by atoms with Crippen LogP contribution in [-0.4, -0.2) is 32.8 Å². The van der Waals surface area contributed by atoms with Gasteiger partial charge in [0, 0.05) is 6.20 Å². The summed E-state index contributed by atoms with van der Waals surface area (Å²) in [6, 6.07) is 4.78. The lowest BCUT2D eigenvalue weighted by molar-refractivity contribution is -0.139. The number of aromatic nitrogens is 2. The van der Waals surface area contributed by atoms with Gasteiger partial charge in [0.2, 0.25) is 0 Å². The molecular weight excluding hydrogens is 351 g/mol. The van der Waals surface area contributed by atoms with E-state index in [4.69, 9.17) is 5.11 Å². The molecule has 0 spiro atoms. The summed E-state index contributed by atoms with van der Waals surface area (Å²) in [7, 11) is 0. The number of nitrogens with zero attached hydrogens (tertiary/aromatic N) is 2. The van der Waals surface area contributed by atoms with Crippen molar-refractivity contribution in [1.29, 1.82) is 0 Å². The number of amides is 1. The van der Waals surface area contributed by atoms with Crippen molar-refractivity contribution < 1.29 is 27.9 Å². The van der Waals surface area contributed by atoms with E-state index in [1.54, 1.807) is 0 Å². The lowest BCUT2D eigenvalue weighted by Gasteiger charge is -2.13. The van der Waals surface area contributed by atoms with Gasteiger partial charge in [0.15, 0.2) is 5.69 Å². The van der Waals surface area contributed by atoms with Crippen LogP contribution in [-0.2, 0) is 11.0 Å². The first kappa shape index (κ1) is 19.5. The van der Waals surface area contributed by atoms with Crippen LogP contribution in [0.25, 0.3) is 5.69 Å². The highest BCUT2D eigenvalue weighted by molar-refractivity contribution is 5.94. The summed E-state index contributed by atoms with van der Waals surface area (Å²) in [6.07, 6.45) is -1.45. The number of nitrogens with one attached hydrogen (secondary N) is 1. The van der Waals surface area contributed by atoms with Crippen LogP contribution in [0, 0.1) is 0 Å². The van der Waals surface area contributed by atoms with Crippen LogP contribution >= 0.6 is 0 Å². The maximum Gasteiger partial charge on any atom is 0.416 e. The Morgan fingerprint density at radius 3 is 2.65 bits per heavy atom. The van der Waals surface area contributed by atoms with Crippen molar-refractivity contribution in [2.75, 3.05) is 0 Å². The molecule has 0 bridgehead atoms.